The smallest absolute Gasteiger partial charge is 0.123 e. The standard InChI is InChI=1S/C15H14N2S/c1-10-3-4-11(2)12(7-10)14-17-13(8-18-14)15(9-16)5-6-15/h3-4,7-8H,5-6H2,1-2H3. The molecule has 2 nitrogen and oxygen atoms in total. The molecular formula is C15H14N2S. The maximum absolute atomic E-state index is 9.20. The molecule has 1 aliphatic rings. The maximum atomic E-state index is 9.20. The minimum Gasteiger partial charge on any atom is -0.239 e. The molecule has 0 atom stereocenters. The third-order valence-corrected chi connectivity index (χ3v) is 4.46. The van der Waals surface area contributed by atoms with Crippen LogP contribution >= 0.6 is 11.3 Å². The quantitative estimate of drug-likeness (QED) is 0.812. The van der Waals surface area contributed by atoms with Crippen molar-refractivity contribution in [2.45, 2.75) is 32.1 Å². The molecule has 18 heavy (non-hydrogen) atoms. The lowest BCUT2D eigenvalue weighted by Crippen LogP contribution is -2.02. The number of aryl methyl sites for hydroxylation is 2. The van der Waals surface area contributed by atoms with Gasteiger partial charge < -0.3 is 0 Å². The Morgan fingerprint density at radius 1 is 1.33 bits per heavy atom. The fourth-order valence-electron chi connectivity index (χ4n) is 2.13. The molecular weight excluding hydrogens is 240 g/mol. The van der Waals surface area contributed by atoms with Crippen molar-refractivity contribution in [3.63, 3.8) is 0 Å². The highest BCUT2D eigenvalue weighted by Crippen LogP contribution is 2.48. The van der Waals surface area contributed by atoms with Gasteiger partial charge in [-0.1, -0.05) is 17.7 Å². The van der Waals surface area contributed by atoms with Gasteiger partial charge in [0.15, 0.2) is 0 Å². The van der Waals surface area contributed by atoms with E-state index < -0.39 is 0 Å². The first-order chi connectivity index (χ1) is 8.64. The van der Waals surface area contributed by atoms with Crippen molar-refractivity contribution in [3.8, 4) is 16.6 Å². The van der Waals surface area contributed by atoms with Crippen LogP contribution < -0.4 is 0 Å². The van der Waals surface area contributed by atoms with Crippen LogP contribution in [-0.4, -0.2) is 4.98 Å². The average Bonchev–Trinajstić information content (AvgIpc) is 3.02. The zero-order valence-corrected chi connectivity index (χ0v) is 11.3. The number of hydrogen-bond donors (Lipinski definition) is 0. The molecule has 1 saturated carbocycles. The van der Waals surface area contributed by atoms with E-state index in [1.54, 1.807) is 11.3 Å². The molecule has 0 bridgehead atoms. The average molecular weight is 254 g/mol. The number of hydrogen-bond acceptors (Lipinski definition) is 3. The van der Waals surface area contributed by atoms with Crippen LogP contribution in [0.15, 0.2) is 23.6 Å². The molecule has 3 heteroatoms. The number of benzene rings is 1. The largest absolute Gasteiger partial charge is 0.239 e. The lowest BCUT2D eigenvalue weighted by atomic mass is 10.1. The van der Waals surface area contributed by atoms with E-state index in [4.69, 9.17) is 0 Å². The Bertz CT molecular complexity index is 645. The zero-order valence-electron chi connectivity index (χ0n) is 10.5. The van der Waals surface area contributed by atoms with Crippen LogP contribution in [-0.2, 0) is 5.41 Å². The molecule has 0 aliphatic heterocycles. The van der Waals surface area contributed by atoms with Crippen molar-refractivity contribution in [2.75, 3.05) is 0 Å². The van der Waals surface area contributed by atoms with Gasteiger partial charge in [-0.2, -0.15) is 5.26 Å². The van der Waals surface area contributed by atoms with Gasteiger partial charge in [0.25, 0.3) is 0 Å². The molecule has 1 heterocycles. The molecule has 2 aromatic rings. The SMILES string of the molecule is Cc1ccc(C)c(-c2nc(C3(C#N)CC3)cs2)c1. The van der Waals surface area contributed by atoms with E-state index >= 15 is 0 Å². The van der Waals surface area contributed by atoms with E-state index in [0.717, 1.165) is 23.5 Å². The Hall–Kier alpha value is -1.66. The number of nitrogens with zero attached hydrogens (tertiary/aromatic N) is 2. The number of nitriles is 1. The van der Waals surface area contributed by atoms with Crippen molar-refractivity contribution in [3.05, 3.63) is 40.4 Å². The summed E-state index contributed by atoms with van der Waals surface area (Å²) in [7, 11) is 0. The van der Waals surface area contributed by atoms with E-state index in [1.807, 2.05) is 5.38 Å². The summed E-state index contributed by atoms with van der Waals surface area (Å²) in [6.45, 7) is 4.20. The minimum atomic E-state index is -0.271. The molecule has 0 N–H and O–H groups in total. The lowest BCUT2D eigenvalue weighted by molar-refractivity contribution is 0.868. The van der Waals surface area contributed by atoms with Gasteiger partial charge in [-0.15, -0.1) is 11.3 Å². The van der Waals surface area contributed by atoms with E-state index in [2.05, 4.69) is 43.1 Å². The van der Waals surface area contributed by atoms with Crippen LogP contribution in [0.3, 0.4) is 0 Å². The predicted molar refractivity (Wildman–Crippen MR) is 73.5 cm³/mol. The Morgan fingerprint density at radius 2 is 2.11 bits per heavy atom. The highest BCUT2D eigenvalue weighted by Gasteiger charge is 2.47. The molecule has 1 aliphatic carbocycles. The summed E-state index contributed by atoms with van der Waals surface area (Å²) in [6, 6.07) is 8.82. The summed E-state index contributed by atoms with van der Waals surface area (Å²) in [5, 5.41) is 12.3. The third kappa shape index (κ3) is 1.74. The van der Waals surface area contributed by atoms with Crippen molar-refractivity contribution in [1.82, 2.24) is 4.98 Å². The molecule has 0 spiro atoms. The summed E-state index contributed by atoms with van der Waals surface area (Å²) in [5.74, 6) is 0. The number of aromatic nitrogens is 1. The Morgan fingerprint density at radius 3 is 2.78 bits per heavy atom. The van der Waals surface area contributed by atoms with Crippen LogP contribution in [0.1, 0.15) is 29.7 Å². The van der Waals surface area contributed by atoms with Crippen molar-refractivity contribution >= 4 is 11.3 Å². The first kappa shape index (κ1) is 11.4. The van der Waals surface area contributed by atoms with Gasteiger partial charge >= 0.3 is 0 Å². The van der Waals surface area contributed by atoms with Gasteiger partial charge in [-0.3, -0.25) is 0 Å². The summed E-state index contributed by atoms with van der Waals surface area (Å²) in [6.07, 6.45) is 1.92. The third-order valence-electron chi connectivity index (χ3n) is 3.58. The van der Waals surface area contributed by atoms with Crippen LogP contribution in [0.5, 0.6) is 0 Å². The molecule has 0 radical (unpaired) electrons. The van der Waals surface area contributed by atoms with Gasteiger partial charge in [-0.25, -0.2) is 4.98 Å². The van der Waals surface area contributed by atoms with Gasteiger partial charge in [0.05, 0.1) is 11.8 Å². The van der Waals surface area contributed by atoms with Gasteiger partial charge in [-0.05, 0) is 38.3 Å². The van der Waals surface area contributed by atoms with Crippen LogP contribution in [0.4, 0.5) is 0 Å². The van der Waals surface area contributed by atoms with Gasteiger partial charge in [0.2, 0.25) is 0 Å². The topological polar surface area (TPSA) is 36.7 Å². The second kappa shape index (κ2) is 3.93. The second-order valence-corrected chi connectivity index (χ2v) is 5.91. The van der Waals surface area contributed by atoms with Crippen LogP contribution in [0.2, 0.25) is 0 Å². The van der Waals surface area contributed by atoms with Gasteiger partial charge in [0.1, 0.15) is 10.4 Å². The monoisotopic (exact) mass is 254 g/mol. The summed E-state index contributed by atoms with van der Waals surface area (Å²) in [5.41, 5.74) is 4.37. The number of thiazole rings is 1. The Balaban J connectivity index is 2.04. The van der Waals surface area contributed by atoms with E-state index in [-0.39, 0.29) is 5.41 Å². The van der Waals surface area contributed by atoms with E-state index in [9.17, 15) is 5.26 Å². The molecule has 0 amide bonds. The molecule has 90 valence electrons. The van der Waals surface area contributed by atoms with E-state index in [0.29, 0.717) is 0 Å². The molecule has 1 fully saturated rings. The van der Waals surface area contributed by atoms with E-state index in [1.165, 1.54) is 16.7 Å². The lowest BCUT2D eigenvalue weighted by Gasteiger charge is -2.04. The van der Waals surface area contributed by atoms with Crippen LogP contribution in [0, 0.1) is 25.2 Å². The fourth-order valence-corrected chi connectivity index (χ4v) is 3.13. The summed E-state index contributed by atoms with van der Waals surface area (Å²) in [4.78, 5) is 4.68. The van der Waals surface area contributed by atoms with Crippen molar-refractivity contribution < 1.29 is 0 Å². The Kier molecular flexibility index (Phi) is 2.49. The summed E-state index contributed by atoms with van der Waals surface area (Å²) < 4.78 is 0. The molecule has 3 rings (SSSR count). The molecule has 1 aromatic heterocycles. The minimum absolute atomic E-state index is 0.271. The zero-order chi connectivity index (χ0) is 12.8. The molecule has 0 unspecified atom stereocenters. The summed E-state index contributed by atoms with van der Waals surface area (Å²) >= 11 is 1.65. The van der Waals surface area contributed by atoms with Crippen LogP contribution in [0.25, 0.3) is 10.6 Å². The first-order valence-electron chi connectivity index (χ1n) is 6.09. The Labute approximate surface area is 111 Å². The van der Waals surface area contributed by atoms with Crippen molar-refractivity contribution in [1.29, 1.82) is 5.26 Å². The number of rotatable bonds is 2. The normalized spacial score (nSPS) is 16.3. The second-order valence-electron chi connectivity index (χ2n) is 5.05. The highest BCUT2D eigenvalue weighted by molar-refractivity contribution is 7.13. The predicted octanol–water partition coefficient (Wildman–Crippen LogP) is 3.98. The van der Waals surface area contributed by atoms with Gasteiger partial charge in [0, 0.05) is 10.9 Å². The molecule has 0 saturated heterocycles. The van der Waals surface area contributed by atoms with Crippen molar-refractivity contribution in [2.24, 2.45) is 0 Å². The first-order valence-corrected chi connectivity index (χ1v) is 6.97. The highest BCUT2D eigenvalue weighted by atomic mass is 32.1. The molecule has 1 aromatic carbocycles. The maximum Gasteiger partial charge on any atom is 0.123 e. The fraction of sp³-hybridized carbons (Fsp3) is 0.333.